The van der Waals surface area contributed by atoms with Crippen molar-refractivity contribution in [3.8, 4) is 0 Å². The Bertz CT molecular complexity index is 269. The molecule has 0 aliphatic carbocycles. The molecule has 1 rings (SSSR count). The Hall–Kier alpha value is -0.820. The lowest BCUT2D eigenvalue weighted by atomic mass is 10.1. The fourth-order valence-corrected chi connectivity index (χ4v) is 1.24. The van der Waals surface area contributed by atoms with Crippen LogP contribution in [0.15, 0.2) is 18.2 Å². The zero-order chi connectivity index (χ0) is 12.3. The maximum absolute atomic E-state index is 8.81. The summed E-state index contributed by atoms with van der Waals surface area (Å²) in [6.07, 6.45) is 1.76. The second-order valence-electron chi connectivity index (χ2n) is 2.64. The molecule has 1 aromatic rings. The van der Waals surface area contributed by atoms with Crippen LogP contribution in [0.2, 0.25) is 5.02 Å². The van der Waals surface area contributed by atoms with Crippen LogP contribution in [-0.2, 0) is 11.2 Å². The average Bonchev–Trinajstić information content (AvgIpc) is 2.26. The van der Waals surface area contributed by atoms with Crippen molar-refractivity contribution < 1.29 is 4.79 Å². The highest BCUT2D eigenvalue weighted by Gasteiger charge is 1.98. The van der Waals surface area contributed by atoms with E-state index in [9.17, 15) is 0 Å². The summed E-state index contributed by atoms with van der Waals surface area (Å²) in [5, 5.41) is 0.921. The molecule has 0 saturated carbocycles. The fraction of sp³-hybridized carbons (Fsp3) is 0.462. The summed E-state index contributed by atoms with van der Waals surface area (Å²) in [4.78, 5) is 8.81. The van der Waals surface area contributed by atoms with Crippen LogP contribution in [0.1, 0.15) is 38.8 Å². The third kappa shape index (κ3) is 7.15. The molecular weight excluding hydrogens is 208 g/mol. The molecule has 0 atom stereocenters. The van der Waals surface area contributed by atoms with Gasteiger partial charge in [0.1, 0.15) is 6.29 Å². The van der Waals surface area contributed by atoms with Gasteiger partial charge < -0.3 is 4.79 Å². The number of aldehydes is 1. The molecule has 1 nitrogen and oxygen atoms in total. The first-order valence-electron chi connectivity index (χ1n) is 5.31. The van der Waals surface area contributed by atoms with Crippen molar-refractivity contribution in [1.82, 2.24) is 0 Å². The molecule has 0 radical (unpaired) electrons. The first kappa shape index (κ1) is 16.6. The minimum Gasteiger partial charge on any atom is -0.304 e. The second-order valence-corrected chi connectivity index (χ2v) is 3.02. The van der Waals surface area contributed by atoms with Crippen LogP contribution in [0.25, 0.3) is 0 Å². The molecule has 0 fully saturated rings. The lowest BCUT2D eigenvalue weighted by Gasteiger charge is -2.01. The van der Waals surface area contributed by atoms with E-state index in [0.717, 1.165) is 17.7 Å². The van der Waals surface area contributed by atoms with E-state index in [-0.39, 0.29) is 0 Å². The van der Waals surface area contributed by atoms with E-state index >= 15 is 0 Å². The van der Waals surface area contributed by atoms with Gasteiger partial charge in [-0.25, -0.2) is 0 Å². The molecule has 0 aromatic heterocycles. The van der Waals surface area contributed by atoms with Gasteiger partial charge in [-0.3, -0.25) is 0 Å². The van der Waals surface area contributed by atoms with E-state index in [1.807, 2.05) is 32.9 Å². The van der Waals surface area contributed by atoms with E-state index in [0.29, 0.717) is 0 Å². The molecule has 86 valence electrons. The normalized spacial score (nSPS) is 7.87. The highest BCUT2D eigenvalue weighted by Crippen LogP contribution is 2.19. The summed E-state index contributed by atoms with van der Waals surface area (Å²) < 4.78 is 0. The summed E-state index contributed by atoms with van der Waals surface area (Å²) in [7, 11) is 0. The van der Waals surface area contributed by atoms with Gasteiger partial charge in [-0.15, -0.1) is 0 Å². The Kier molecular flexibility index (Phi) is 12.5. The molecule has 0 heterocycles. The largest absolute Gasteiger partial charge is 0.304 e. The zero-order valence-corrected chi connectivity index (χ0v) is 11.1. The molecule has 15 heavy (non-hydrogen) atoms. The van der Waals surface area contributed by atoms with E-state index in [2.05, 4.69) is 13.0 Å². The van der Waals surface area contributed by atoms with Gasteiger partial charge in [-0.1, -0.05) is 50.6 Å². The monoisotopic (exact) mass is 228 g/mol. The molecule has 1 aromatic carbocycles. The van der Waals surface area contributed by atoms with Gasteiger partial charge in [0.15, 0.2) is 0 Å². The summed E-state index contributed by atoms with van der Waals surface area (Å²) in [5.74, 6) is 0. The number of hydrogen-bond donors (Lipinski definition) is 0. The Morgan fingerprint density at radius 3 is 2.13 bits per heavy atom. The van der Waals surface area contributed by atoms with Crippen molar-refractivity contribution in [3.05, 3.63) is 34.3 Å². The van der Waals surface area contributed by atoms with E-state index in [4.69, 9.17) is 16.4 Å². The van der Waals surface area contributed by atoms with Gasteiger partial charge in [-0.05, 0) is 31.4 Å². The minimum absolute atomic E-state index is 0.750. The molecule has 0 bridgehead atoms. The number of halogens is 1. The highest BCUT2D eigenvalue weighted by molar-refractivity contribution is 6.32. The third-order valence-electron chi connectivity index (χ3n) is 1.65. The van der Waals surface area contributed by atoms with Crippen LogP contribution in [-0.4, -0.2) is 6.29 Å². The third-order valence-corrected chi connectivity index (χ3v) is 2.19. The van der Waals surface area contributed by atoms with Crippen LogP contribution in [0.4, 0.5) is 0 Å². The van der Waals surface area contributed by atoms with Crippen LogP contribution in [0.5, 0.6) is 0 Å². The van der Waals surface area contributed by atoms with Crippen molar-refractivity contribution in [1.29, 1.82) is 0 Å². The highest BCUT2D eigenvalue weighted by atomic mass is 35.5. The fourth-order valence-electron chi connectivity index (χ4n) is 0.981. The number of rotatable bonds is 1. The molecule has 0 unspecified atom stereocenters. The summed E-state index contributed by atoms with van der Waals surface area (Å²) in [6.45, 7) is 9.59. The standard InChI is InChI=1S/C9H11Cl.C2H4O.C2H6/c1-3-8-6-4-5-7(2)9(8)10;1-2-3;1-2/h4-6H,3H2,1-2H3;2H,1H3;1-2H3. The maximum Gasteiger partial charge on any atom is 0.116 e. The van der Waals surface area contributed by atoms with Gasteiger partial charge in [0.25, 0.3) is 0 Å². The Balaban J connectivity index is 0. The van der Waals surface area contributed by atoms with E-state index in [1.165, 1.54) is 18.1 Å². The van der Waals surface area contributed by atoms with Gasteiger partial charge >= 0.3 is 0 Å². The maximum atomic E-state index is 8.81. The number of hydrogen-bond acceptors (Lipinski definition) is 1. The number of carbonyl (C=O) groups excluding carboxylic acids is 1. The molecular formula is C13H21ClO. The number of carbonyl (C=O) groups is 1. The van der Waals surface area contributed by atoms with Crippen molar-refractivity contribution in [2.45, 2.75) is 41.0 Å². The first-order chi connectivity index (χ1) is 7.17. The summed E-state index contributed by atoms with van der Waals surface area (Å²) in [6, 6.07) is 6.14. The SMILES string of the molecule is CC.CC=O.CCc1cccc(C)c1Cl. The van der Waals surface area contributed by atoms with Crippen molar-refractivity contribution in [3.63, 3.8) is 0 Å². The predicted octanol–water partition coefficient (Wildman–Crippen LogP) is 4.44. The first-order valence-corrected chi connectivity index (χ1v) is 5.68. The van der Waals surface area contributed by atoms with Gasteiger partial charge in [0.05, 0.1) is 0 Å². The van der Waals surface area contributed by atoms with Crippen LogP contribution in [0.3, 0.4) is 0 Å². The van der Waals surface area contributed by atoms with Crippen LogP contribution < -0.4 is 0 Å². The summed E-state index contributed by atoms with van der Waals surface area (Å²) >= 11 is 5.99. The average molecular weight is 229 g/mol. The Morgan fingerprint density at radius 2 is 1.80 bits per heavy atom. The smallest absolute Gasteiger partial charge is 0.116 e. The lowest BCUT2D eigenvalue weighted by Crippen LogP contribution is -1.83. The molecule has 0 aliphatic heterocycles. The van der Waals surface area contributed by atoms with Gasteiger partial charge in [0.2, 0.25) is 0 Å². The second kappa shape index (κ2) is 11.3. The Morgan fingerprint density at radius 1 is 1.33 bits per heavy atom. The molecule has 2 heteroatoms. The van der Waals surface area contributed by atoms with Gasteiger partial charge in [0, 0.05) is 5.02 Å². The molecule has 0 amide bonds. The molecule has 0 saturated heterocycles. The molecule has 0 aliphatic rings. The lowest BCUT2D eigenvalue weighted by molar-refractivity contribution is -0.106. The quantitative estimate of drug-likeness (QED) is 0.650. The Labute approximate surface area is 98.5 Å². The van der Waals surface area contributed by atoms with Crippen LogP contribution >= 0.6 is 11.6 Å². The minimum atomic E-state index is 0.750. The zero-order valence-electron chi connectivity index (χ0n) is 10.3. The summed E-state index contributed by atoms with van der Waals surface area (Å²) in [5.41, 5.74) is 2.41. The number of benzene rings is 1. The van der Waals surface area contributed by atoms with Crippen molar-refractivity contribution in [2.75, 3.05) is 0 Å². The molecule has 0 spiro atoms. The van der Waals surface area contributed by atoms with Crippen molar-refractivity contribution >= 4 is 17.9 Å². The van der Waals surface area contributed by atoms with Crippen LogP contribution in [0, 0.1) is 6.92 Å². The predicted molar refractivity (Wildman–Crippen MR) is 68.7 cm³/mol. The van der Waals surface area contributed by atoms with E-state index in [1.54, 1.807) is 0 Å². The van der Waals surface area contributed by atoms with Crippen molar-refractivity contribution in [2.24, 2.45) is 0 Å². The molecule has 0 N–H and O–H groups in total. The topological polar surface area (TPSA) is 17.1 Å². The van der Waals surface area contributed by atoms with Gasteiger partial charge in [-0.2, -0.15) is 0 Å². The van der Waals surface area contributed by atoms with E-state index < -0.39 is 0 Å². The number of aryl methyl sites for hydroxylation is 2.